The summed E-state index contributed by atoms with van der Waals surface area (Å²) in [7, 11) is 0. The van der Waals surface area contributed by atoms with Crippen LogP contribution in [0.3, 0.4) is 0 Å². The molecule has 7 N–H and O–H groups in total. The Hall–Kier alpha value is -2.69. The van der Waals surface area contributed by atoms with Gasteiger partial charge < -0.3 is 31.9 Å². The fourth-order valence-corrected chi connectivity index (χ4v) is 2.48. The summed E-state index contributed by atoms with van der Waals surface area (Å²) in [6.07, 6.45) is 0.137. The maximum absolute atomic E-state index is 12.5. The first-order valence-corrected chi connectivity index (χ1v) is 9.46. The van der Waals surface area contributed by atoms with Gasteiger partial charge in [0.25, 0.3) is 0 Å². The molecule has 0 aromatic rings. The first-order chi connectivity index (χ1) is 13.4. The van der Waals surface area contributed by atoms with Gasteiger partial charge in [-0.25, -0.2) is 4.79 Å². The van der Waals surface area contributed by atoms with Gasteiger partial charge in [0.2, 0.25) is 17.7 Å². The summed E-state index contributed by atoms with van der Waals surface area (Å²) in [4.78, 5) is 58.4. The molecule has 0 saturated heterocycles. The van der Waals surface area contributed by atoms with E-state index in [1.54, 1.807) is 13.8 Å². The third kappa shape index (κ3) is 10.4. The van der Waals surface area contributed by atoms with Gasteiger partial charge in [0.1, 0.15) is 12.1 Å². The summed E-state index contributed by atoms with van der Waals surface area (Å²) in [5.74, 6) is -5.01. The molecule has 166 valence electrons. The van der Waals surface area contributed by atoms with Gasteiger partial charge in [0, 0.05) is 0 Å². The van der Waals surface area contributed by atoms with Crippen molar-refractivity contribution in [3.8, 4) is 0 Å². The number of hydrogen-bond donors (Lipinski definition) is 6. The Balaban J connectivity index is 4.95. The summed E-state index contributed by atoms with van der Waals surface area (Å²) < 4.78 is 0. The second-order valence-corrected chi connectivity index (χ2v) is 7.38. The number of carboxylic acid groups (broad SMARTS) is 2. The van der Waals surface area contributed by atoms with Crippen molar-refractivity contribution in [2.24, 2.45) is 17.6 Å². The van der Waals surface area contributed by atoms with E-state index in [4.69, 9.17) is 15.9 Å². The van der Waals surface area contributed by atoms with Gasteiger partial charge >= 0.3 is 11.9 Å². The van der Waals surface area contributed by atoms with Crippen molar-refractivity contribution < 1.29 is 34.2 Å². The number of amides is 3. The van der Waals surface area contributed by atoms with E-state index in [0.717, 1.165) is 0 Å². The third-order valence-corrected chi connectivity index (χ3v) is 4.29. The number of nitrogens with two attached hydrogens (primary N) is 1. The highest BCUT2D eigenvalue weighted by molar-refractivity contribution is 5.93. The smallest absolute Gasteiger partial charge is 0.326 e. The van der Waals surface area contributed by atoms with Gasteiger partial charge in [0.15, 0.2) is 0 Å². The zero-order valence-electron chi connectivity index (χ0n) is 17.2. The molecule has 0 radical (unpaired) electrons. The molecule has 0 aliphatic carbocycles. The Labute approximate surface area is 169 Å². The van der Waals surface area contributed by atoms with Crippen LogP contribution in [-0.4, -0.2) is 64.5 Å². The Bertz CT molecular complexity index is 609. The highest BCUT2D eigenvalue weighted by Crippen LogP contribution is 2.09. The van der Waals surface area contributed by atoms with E-state index in [9.17, 15) is 24.0 Å². The minimum Gasteiger partial charge on any atom is -0.481 e. The van der Waals surface area contributed by atoms with Crippen molar-refractivity contribution in [1.29, 1.82) is 0 Å². The summed E-state index contributed by atoms with van der Waals surface area (Å²) >= 11 is 0. The molecule has 0 rings (SSSR count). The van der Waals surface area contributed by atoms with Crippen LogP contribution in [-0.2, 0) is 24.0 Å². The molecule has 4 atom stereocenters. The first-order valence-electron chi connectivity index (χ1n) is 9.46. The standard InChI is InChI=1S/C18H32N4O7/c1-5-10(4)15(17(27)21-12(18(28)29)7-14(24)25)22-13(23)8-20-16(26)11(19)6-9(2)3/h9-12,15H,5-8,19H2,1-4H3,(H,20,26)(H,21,27)(H,22,23)(H,24,25)(H,28,29). The largest absolute Gasteiger partial charge is 0.481 e. The highest BCUT2D eigenvalue weighted by Gasteiger charge is 2.31. The third-order valence-electron chi connectivity index (χ3n) is 4.29. The number of rotatable bonds is 13. The second kappa shape index (κ2) is 12.7. The van der Waals surface area contributed by atoms with E-state index in [-0.39, 0.29) is 11.8 Å². The molecule has 0 fully saturated rings. The van der Waals surface area contributed by atoms with Crippen molar-refractivity contribution >= 4 is 29.7 Å². The van der Waals surface area contributed by atoms with Crippen molar-refractivity contribution in [2.45, 2.75) is 65.1 Å². The Morgan fingerprint density at radius 1 is 0.966 bits per heavy atom. The molecule has 0 aliphatic heterocycles. The first kappa shape index (κ1) is 26.3. The van der Waals surface area contributed by atoms with Crippen LogP contribution in [0.15, 0.2) is 0 Å². The van der Waals surface area contributed by atoms with E-state index >= 15 is 0 Å². The maximum atomic E-state index is 12.5. The topological polar surface area (TPSA) is 188 Å². The molecular formula is C18H32N4O7. The molecule has 11 nitrogen and oxygen atoms in total. The lowest BCUT2D eigenvalue weighted by atomic mass is 9.97. The van der Waals surface area contributed by atoms with Crippen LogP contribution in [0.25, 0.3) is 0 Å². The lowest BCUT2D eigenvalue weighted by Crippen LogP contribution is -2.56. The molecule has 0 aliphatic rings. The minimum atomic E-state index is -1.63. The zero-order valence-corrected chi connectivity index (χ0v) is 17.2. The SMILES string of the molecule is CCC(C)C(NC(=O)CNC(=O)C(N)CC(C)C)C(=O)NC(CC(=O)O)C(=O)O. The fraction of sp³-hybridized carbons (Fsp3) is 0.722. The van der Waals surface area contributed by atoms with Crippen LogP contribution in [0.4, 0.5) is 0 Å². The van der Waals surface area contributed by atoms with Crippen LogP contribution < -0.4 is 21.7 Å². The molecule has 0 aromatic carbocycles. The van der Waals surface area contributed by atoms with Gasteiger partial charge in [-0.3, -0.25) is 19.2 Å². The average Bonchev–Trinajstić information content (AvgIpc) is 2.61. The summed E-state index contributed by atoms with van der Waals surface area (Å²) in [5, 5.41) is 24.8. The lowest BCUT2D eigenvalue weighted by Gasteiger charge is -2.25. The average molecular weight is 416 g/mol. The highest BCUT2D eigenvalue weighted by atomic mass is 16.4. The Morgan fingerprint density at radius 2 is 1.55 bits per heavy atom. The normalized spacial score (nSPS) is 15.0. The molecule has 29 heavy (non-hydrogen) atoms. The van der Waals surface area contributed by atoms with Crippen LogP contribution >= 0.6 is 0 Å². The quantitative estimate of drug-likeness (QED) is 0.221. The minimum absolute atomic E-state index is 0.205. The van der Waals surface area contributed by atoms with Gasteiger partial charge in [-0.2, -0.15) is 0 Å². The number of hydrogen-bond acceptors (Lipinski definition) is 6. The van der Waals surface area contributed by atoms with Crippen molar-refractivity contribution in [2.75, 3.05) is 6.54 Å². The zero-order chi connectivity index (χ0) is 22.7. The van der Waals surface area contributed by atoms with Gasteiger partial charge in [-0.15, -0.1) is 0 Å². The molecular weight excluding hydrogens is 384 g/mol. The molecule has 0 spiro atoms. The number of carbonyl (C=O) groups excluding carboxylic acids is 3. The Kier molecular flexibility index (Phi) is 11.5. The van der Waals surface area contributed by atoms with Crippen LogP contribution in [0.2, 0.25) is 0 Å². The maximum Gasteiger partial charge on any atom is 0.326 e. The second-order valence-electron chi connectivity index (χ2n) is 7.38. The predicted octanol–water partition coefficient (Wildman–Crippen LogP) is -0.949. The molecule has 4 unspecified atom stereocenters. The van der Waals surface area contributed by atoms with Gasteiger partial charge in [0.05, 0.1) is 19.0 Å². The molecule has 3 amide bonds. The van der Waals surface area contributed by atoms with Crippen molar-refractivity contribution in [3.63, 3.8) is 0 Å². The fourth-order valence-electron chi connectivity index (χ4n) is 2.48. The van der Waals surface area contributed by atoms with Crippen molar-refractivity contribution in [3.05, 3.63) is 0 Å². The van der Waals surface area contributed by atoms with E-state index < -0.39 is 60.8 Å². The molecule has 11 heteroatoms. The summed E-state index contributed by atoms with van der Waals surface area (Å²) in [5.41, 5.74) is 5.74. The van der Waals surface area contributed by atoms with Crippen LogP contribution in [0, 0.1) is 11.8 Å². The molecule has 0 heterocycles. The number of aliphatic carboxylic acids is 2. The van der Waals surface area contributed by atoms with E-state index in [1.807, 2.05) is 13.8 Å². The van der Waals surface area contributed by atoms with E-state index in [0.29, 0.717) is 12.8 Å². The summed E-state index contributed by atoms with van der Waals surface area (Å²) in [6, 6.07) is -3.48. The van der Waals surface area contributed by atoms with Crippen LogP contribution in [0.5, 0.6) is 0 Å². The Morgan fingerprint density at radius 3 is 2.00 bits per heavy atom. The number of nitrogens with one attached hydrogen (secondary N) is 3. The molecule has 0 bridgehead atoms. The van der Waals surface area contributed by atoms with Gasteiger partial charge in [-0.05, 0) is 18.3 Å². The van der Waals surface area contributed by atoms with E-state index in [2.05, 4.69) is 16.0 Å². The van der Waals surface area contributed by atoms with Crippen molar-refractivity contribution in [1.82, 2.24) is 16.0 Å². The lowest BCUT2D eigenvalue weighted by molar-refractivity contribution is -0.147. The monoisotopic (exact) mass is 416 g/mol. The molecule has 0 saturated carbocycles. The van der Waals surface area contributed by atoms with Crippen LogP contribution in [0.1, 0.15) is 47.0 Å². The number of carboxylic acids is 2. The number of carbonyl (C=O) groups is 5. The van der Waals surface area contributed by atoms with Gasteiger partial charge in [-0.1, -0.05) is 34.1 Å². The molecule has 0 aromatic heterocycles. The summed E-state index contributed by atoms with van der Waals surface area (Å²) in [6.45, 7) is 6.86. The van der Waals surface area contributed by atoms with E-state index in [1.165, 1.54) is 0 Å². The predicted molar refractivity (Wildman–Crippen MR) is 104 cm³/mol.